The Morgan fingerprint density at radius 2 is 1.97 bits per heavy atom. The molecule has 1 aliphatic heterocycles. The number of ether oxygens (including phenoxy) is 1. The minimum atomic E-state index is -0.619. The Bertz CT molecular complexity index is 1160. The number of hydrogen-bond donors (Lipinski definition) is 1. The van der Waals surface area contributed by atoms with Crippen molar-refractivity contribution < 1.29 is 18.3 Å². The number of likely N-dealkylation sites (N-methyl/N-ethyl adjacent to an activating group) is 1. The van der Waals surface area contributed by atoms with Crippen molar-refractivity contribution in [3.05, 3.63) is 71.1 Å². The maximum Gasteiger partial charge on any atom is 0.249 e. The number of aryl methyl sites for hydroxylation is 1. The Balaban J connectivity index is 0.00000289. The van der Waals surface area contributed by atoms with Crippen molar-refractivity contribution in [3.8, 4) is 5.75 Å². The van der Waals surface area contributed by atoms with Gasteiger partial charge in [-0.05, 0) is 50.1 Å². The summed E-state index contributed by atoms with van der Waals surface area (Å²) >= 11 is 0. The lowest BCUT2D eigenvalue weighted by Crippen LogP contribution is -2.29. The van der Waals surface area contributed by atoms with E-state index in [-0.39, 0.29) is 36.1 Å². The van der Waals surface area contributed by atoms with E-state index >= 15 is 0 Å². The van der Waals surface area contributed by atoms with Gasteiger partial charge in [-0.2, -0.15) is 0 Å². The predicted molar refractivity (Wildman–Crippen MR) is 124 cm³/mol. The van der Waals surface area contributed by atoms with Crippen LogP contribution in [-0.2, 0) is 6.54 Å². The molecular weight excluding hydrogens is 436 g/mol. The Morgan fingerprint density at radius 3 is 2.72 bits per heavy atom. The number of nitrogens with zero attached hydrogens (tertiary/aromatic N) is 2. The van der Waals surface area contributed by atoms with Crippen LogP contribution in [-0.4, -0.2) is 35.1 Å². The predicted octanol–water partition coefficient (Wildman–Crippen LogP) is 4.98. The molecule has 0 atom stereocenters. The minimum absolute atomic E-state index is 0. The van der Waals surface area contributed by atoms with Crippen LogP contribution in [0.1, 0.15) is 35.7 Å². The van der Waals surface area contributed by atoms with Gasteiger partial charge in [0.25, 0.3) is 0 Å². The van der Waals surface area contributed by atoms with E-state index in [1.165, 1.54) is 18.2 Å². The van der Waals surface area contributed by atoms with Gasteiger partial charge in [0, 0.05) is 36.8 Å². The van der Waals surface area contributed by atoms with Gasteiger partial charge < -0.3 is 19.9 Å². The molecule has 4 rings (SSSR count). The third-order valence-corrected chi connectivity index (χ3v) is 5.69. The Kier molecular flexibility index (Phi) is 7.40. The number of halogens is 3. The van der Waals surface area contributed by atoms with Crippen LogP contribution >= 0.6 is 12.4 Å². The molecule has 2 heterocycles. The summed E-state index contributed by atoms with van der Waals surface area (Å²) in [5.74, 6) is -1.27. The molecule has 0 saturated heterocycles. The number of fused-ring (bicyclic) bond motifs is 2. The fourth-order valence-corrected chi connectivity index (χ4v) is 4.11. The first kappa shape index (κ1) is 23.6. The van der Waals surface area contributed by atoms with E-state index in [0.29, 0.717) is 11.1 Å². The van der Waals surface area contributed by atoms with Gasteiger partial charge in [-0.1, -0.05) is 12.1 Å². The average Bonchev–Trinajstić information content (AvgIpc) is 3.18. The van der Waals surface area contributed by atoms with Crippen LogP contribution in [0.15, 0.2) is 48.3 Å². The molecule has 0 unspecified atom stereocenters. The second kappa shape index (κ2) is 10.0. The molecule has 170 valence electrons. The number of rotatable bonds is 8. The van der Waals surface area contributed by atoms with Crippen LogP contribution < -0.4 is 10.5 Å². The number of unbranched alkanes of at least 4 members (excludes halogenated alkanes) is 1. The number of primary amides is 1. The first-order chi connectivity index (χ1) is 15.0. The van der Waals surface area contributed by atoms with Crippen molar-refractivity contribution in [2.45, 2.75) is 26.3 Å². The molecule has 2 aromatic carbocycles. The van der Waals surface area contributed by atoms with E-state index in [1.807, 2.05) is 29.8 Å². The molecular formula is C24H26ClF2N3O2. The summed E-state index contributed by atoms with van der Waals surface area (Å²) in [5.41, 5.74) is 7.59. The molecule has 0 radical (unpaired) electrons. The normalized spacial score (nSPS) is 12.5. The Morgan fingerprint density at radius 1 is 1.16 bits per heavy atom. The molecule has 5 nitrogen and oxygen atoms in total. The van der Waals surface area contributed by atoms with Crippen molar-refractivity contribution >= 4 is 35.3 Å². The van der Waals surface area contributed by atoms with Gasteiger partial charge in [0.2, 0.25) is 5.91 Å². The smallest absolute Gasteiger partial charge is 0.249 e. The van der Waals surface area contributed by atoms with Crippen LogP contribution in [0.3, 0.4) is 0 Å². The van der Waals surface area contributed by atoms with Gasteiger partial charge in [-0.3, -0.25) is 4.79 Å². The summed E-state index contributed by atoms with van der Waals surface area (Å²) in [7, 11) is 0. The zero-order chi connectivity index (χ0) is 22.0. The van der Waals surface area contributed by atoms with Crippen LogP contribution in [0, 0.1) is 11.6 Å². The number of amides is 1. The zero-order valence-electron chi connectivity index (χ0n) is 17.8. The summed E-state index contributed by atoms with van der Waals surface area (Å²) in [5, 5.41) is 0.899. The molecule has 2 N–H and O–H groups in total. The molecule has 1 aromatic heterocycles. The number of benzene rings is 2. The van der Waals surface area contributed by atoms with Crippen molar-refractivity contribution in [3.63, 3.8) is 0 Å². The summed E-state index contributed by atoms with van der Waals surface area (Å²) in [6, 6.07) is 9.61. The monoisotopic (exact) mass is 461 g/mol. The van der Waals surface area contributed by atoms with Gasteiger partial charge in [-0.15, -0.1) is 12.4 Å². The highest BCUT2D eigenvalue weighted by atomic mass is 35.5. The quantitative estimate of drug-likeness (QED) is 0.481. The zero-order valence-corrected chi connectivity index (χ0v) is 18.6. The van der Waals surface area contributed by atoms with Crippen molar-refractivity contribution in [1.82, 2.24) is 9.47 Å². The van der Waals surface area contributed by atoms with Gasteiger partial charge >= 0.3 is 0 Å². The van der Waals surface area contributed by atoms with E-state index in [2.05, 4.69) is 4.90 Å². The van der Waals surface area contributed by atoms with Crippen LogP contribution in [0.5, 0.6) is 5.75 Å². The SMILES string of the molecule is CCN(CCCCn1ccc2cccc(F)c21)C1=Cc2c(C(N)=O)ccc(F)c2OC1.Cl. The summed E-state index contributed by atoms with van der Waals surface area (Å²) < 4.78 is 35.8. The number of carbonyl (C=O) groups excluding carboxylic acids is 1. The van der Waals surface area contributed by atoms with Gasteiger partial charge in [-0.25, -0.2) is 8.78 Å². The van der Waals surface area contributed by atoms with E-state index in [1.54, 1.807) is 12.1 Å². The molecule has 1 amide bonds. The number of aromatic nitrogens is 1. The summed E-state index contributed by atoms with van der Waals surface area (Å²) in [6.45, 7) is 4.49. The lowest BCUT2D eigenvalue weighted by molar-refractivity contribution is 0.0999. The average molecular weight is 462 g/mol. The van der Waals surface area contributed by atoms with E-state index in [0.717, 1.165) is 43.6 Å². The lowest BCUT2D eigenvalue weighted by Gasteiger charge is -2.30. The number of carbonyl (C=O) groups is 1. The second-order valence-electron chi connectivity index (χ2n) is 7.60. The molecule has 0 saturated carbocycles. The van der Waals surface area contributed by atoms with Crippen LogP contribution in [0.4, 0.5) is 8.78 Å². The Hall–Kier alpha value is -3.06. The maximum atomic E-state index is 14.1. The number of para-hydroxylation sites is 1. The number of nitrogens with two attached hydrogens (primary N) is 1. The lowest BCUT2D eigenvalue weighted by atomic mass is 10.0. The van der Waals surface area contributed by atoms with Gasteiger partial charge in [0.1, 0.15) is 12.4 Å². The Labute approximate surface area is 191 Å². The van der Waals surface area contributed by atoms with Crippen LogP contribution in [0.25, 0.3) is 17.0 Å². The van der Waals surface area contributed by atoms with Crippen LogP contribution in [0.2, 0.25) is 0 Å². The summed E-state index contributed by atoms with van der Waals surface area (Å²) in [4.78, 5) is 13.9. The standard InChI is InChI=1S/C24H25F2N3O2.ClH/c1-2-28(11-3-4-12-29-13-10-16-6-5-7-20(25)22(16)29)17-14-19-18(24(27)30)8-9-21(26)23(19)31-15-17;/h5-10,13-14H,2-4,11-12,15H2,1H3,(H2,27,30);1H. The molecule has 3 aromatic rings. The molecule has 1 aliphatic rings. The van der Waals surface area contributed by atoms with Crippen molar-refractivity contribution in [2.75, 3.05) is 19.7 Å². The summed E-state index contributed by atoms with van der Waals surface area (Å²) in [6.07, 6.45) is 5.47. The minimum Gasteiger partial charge on any atom is -0.484 e. The first-order valence-corrected chi connectivity index (χ1v) is 10.4. The maximum absolute atomic E-state index is 14.1. The highest BCUT2D eigenvalue weighted by molar-refractivity contribution is 5.98. The third kappa shape index (κ3) is 4.58. The molecule has 0 aliphatic carbocycles. The van der Waals surface area contributed by atoms with Gasteiger partial charge in [0.05, 0.1) is 16.8 Å². The third-order valence-electron chi connectivity index (χ3n) is 5.69. The van der Waals surface area contributed by atoms with E-state index < -0.39 is 11.7 Å². The fraction of sp³-hybridized carbons (Fsp3) is 0.292. The van der Waals surface area contributed by atoms with E-state index in [9.17, 15) is 13.6 Å². The topological polar surface area (TPSA) is 60.5 Å². The van der Waals surface area contributed by atoms with Crippen molar-refractivity contribution in [2.24, 2.45) is 5.73 Å². The molecule has 0 bridgehead atoms. The van der Waals surface area contributed by atoms with Gasteiger partial charge in [0.15, 0.2) is 11.6 Å². The van der Waals surface area contributed by atoms with Crippen molar-refractivity contribution in [1.29, 1.82) is 0 Å². The fourth-order valence-electron chi connectivity index (χ4n) is 4.11. The highest BCUT2D eigenvalue weighted by Gasteiger charge is 2.23. The molecule has 0 spiro atoms. The molecule has 32 heavy (non-hydrogen) atoms. The highest BCUT2D eigenvalue weighted by Crippen LogP contribution is 2.33. The second-order valence-corrected chi connectivity index (χ2v) is 7.60. The first-order valence-electron chi connectivity index (χ1n) is 10.4. The van der Waals surface area contributed by atoms with E-state index in [4.69, 9.17) is 10.5 Å². The largest absolute Gasteiger partial charge is 0.484 e. The number of hydrogen-bond acceptors (Lipinski definition) is 3. The molecule has 8 heteroatoms. The molecule has 0 fully saturated rings.